The second-order valence-electron chi connectivity index (χ2n) is 5.00. The maximum absolute atomic E-state index is 11.6. The number of carbonyl (C=O) groups excluding carboxylic acids is 1. The Hall–Kier alpha value is -2.04. The molecule has 1 heterocycles. The molecule has 108 valence electrons. The van der Waals surface area contributed by atoms with Gasteiger partial charge in [0.2, 0.25) is 5.91 Å². The zero-order valence-electron chi connectivity index (χ0n) is 11.5. The number of rotatable bonds is 3. The number of hydrogen-bond acceptors (Lipinski definition) is 3. The Bertz CT molecular complexity index is 698. The molecule has 1 aliphatic rings. The van der Waals surface area contributed by atoms with Crippen LogP contribution in [0.25, 0.3) is 0 Å². The molecule has 3 N–H and O–H groups in total. The lowest BCUT2D eigenvalue weighted by atomic mass is 9.96. The molecule has 4 nitrogen and oxygen atoms in total. The summed E-state index contributed by atoms with van der Waals surface area (Å²) in [6.07, 6.45) is 0.345. The van der Waals surface area contributed by atoms with Crippen LogP contribution >= 0.6 is 11.6 Å². The number of nitrogens with one attached hydrogen (secondary N) is 1. The predicted octanol–water partition coefficient (Wildman–Crippen LogP) is 2.89. The molecule has 0 aliphatic carbocycles. The average molecular weight is 303 g/mol. The number of ether oxygens (including phenoxy) is 1. The molecule has 1 amide bonds. The number of carbonyl (C=O) groups is 1. The van der Waals surface area contributed by atoms with Crippen molar-refractivity contribution < 1.29 is 9.53 Å². The quantitative estimate of drug-likeness (QED) is 0.916. The van der Waals surface area contributed by atoms with E-state index in [2.05, 4.69) is 5.32 Å². The third kappa shape index (κ3) is 2.60. The first-order valence-corrected chi connectivity index (χ1v) is 6.98. The Balaban J connectivity index is 2.01. The average Bonchev–Trinajstić information content (AvgIpc) is 2.85. The molecule has 2 aromatic carbocycles. The van der Waals surface area contributed by atoms with Crippen molar-refractivity contribution in [3.05, 3.63) is 58.1 Å². The van der Waals surface area contributed by atoms with Crippen molar-refractivity contribution in [2.45, 2.75) is 12.5 Å². The number of benzene rings is 2. The zero-order chi connectivity index (χ0) is 15.0. The van der Waals surface area contributed by atoms with Gasteiger partial charge in [-0.3, -0.25) is 4.79 Å². The van der Waals surface area contributed by atoms with Gasteiger partial charge in [0.1, 0.15) is 5.75 Å². The Morgan fingerprint density at radius 1 is 1.29 bits per heavy atom. The number of anilines is 1. The molecular weight excluding hydrogens is 288 g/mol. The van der Waals surface area contributed by atoms with Crippen LogP contribution in [0.4, 0.5) is 5.69 Å². The molecule has 5 heteroatoms. The second-order valence-corrected chi connectivity index (χ2v) is 5.44. The summed E-state index contributed by atoms with van der Waals surface area (Å²) in [6.45, 7) is 0. The lowest BCUT2D eigenvalue weighted by molar-refractivity contribution is -0.115. The number of halogens is 1. The number of methoxy groups -OCH3 is 1. The van der Waals surface area contributed by atoms with E-state index in [0.29, 0.717) is 11.4 Å². The largest absolute Gasteiger partial charge is 0.497 e. The standard InChI is InChI=1S/C16H15ClN2O2/c1-21-12-4-2-9(3-5-12)15(18)13-8-11(17)6-10-7-14(20)19-16(10)13/h2-6,8,15H,7,18H2,1H3,(H,19,20). The van der Waals surface area contributed by atoms with Gasteiger partial charge in [-0.05, 0) is 41.0 Å². The van der Waals surface area contributed by atoms with Gasteiger partial charge >= 0.3 is 0 Å². The number of amides is 1. The molecule has 1 atom stereocenters. The fourth-order valence-electron chi connectivity index (χ4n) is 2.57. The summed E-state index contributed by atoms with van der Waals surface area (Å²) in [4.78, 5) is 11.6. The normalized spacial score (nSPS) is 14.5. The van der Waals surface area contributed by atoms with Crippen LogP contribution in [0.5, 0.6) is 5.75 Å². The van der Waals surface area contributed by atoms with Gasteiger partial charge in [0.25, 0.3) is 0 Å². The van der Waals surface area contributed by atoms with Crippen molar-refractivity contribution >= 4 is 23.2 Å². The van der Waals surface area contributed by atoms with Crippen molar-refractivity contribution in [1.29, 1.82) is 0 Å². The van der Waals surface area contributed by atoms with Crippen molar-refractivity contribution in [3.8, 4) is 5.75 Å². The zero-order valence-corrected chi connectivity index (χ0v) is 12.3. The maximum atomic E-state index is 11.6. The van der Waals surface area contributed by atoms with Crippen LogP contribution in [0.15, 0.2) is 36.4 Å². The lowest BCUT2D eigenvalue weighted by Gasteiger charge is -2.17. The van der Waals surface area contributed by atoms with E-state index in [1.165, 1.54) is 0 Å². The molecule has 0 spiro atoms. The molecule has 3 rings (SSSR count). The van der Waals surface area contributed by atoms with Gasteiger partial charge in [0.05, 0.1) is 19.6 Å². The third-order valence-electron chi connectivity index (χ3n) is 3.64. The third-order valence-corrected chi connectivity index (χ3v) is 3.86. The Kier molecular flexibility index (Phi) is 3.57. The minimum absolute atomic E-state index is 0.0320. The maximum Gasteiger partial charge on any atom is 0.228 e. The molecule has 0 bridgehead atoms. The number of nitrogens with two attached hydrogens (primary N) is 1. The predicted molar refractivity (Wildman–Crippen MR) is 82.8 cm³/mol. The van der Waals surface area contributed by atoms with E-state index < -0.39 is 0 Å². The Labute approximate surface area is 127 Å². The molecule has 2 aromatic rings. The van der Waals surface area contributed by atoms with Crippen molar-refractivity contribution in [1.82, 2.24) is 0 Å². The smallest absolute Gasteiger partial charge is 0.228 e. The molecule has 21 heavy (non-hydrogen) atoms. The van der Waals surface area contributed by atoms with Crippen LogP contribution in [-0.2, 0) is 11.2 Å². The van der Waals surface area contributed by atoms with Crippen molar-refractivity contribution in [3.63, 3.8) is 0 Å². The van der Waals surface area contributed by atoms with Gasteiger partial charge < -0.3 is 15.8 Å². The lowest BCUT2D eigenvalue weighted by Crippen LogP contribution is -2.14. The SMILES string of the molecule is COc1ccc(C(N)c2cc(Cl)cc3c2NC(=O)C3)cc1. The summed E-state index contributed by atoms with van der Waals surface area (Å²) in [5, 5.41) is 3.45. The van der Waals surface area contributed by atoms with E-state index in [1.54, 1.807) is 19.2 Å². The summed E-state index contributed by atoms with van der Waals surface area (Å²) < 4.78 is 5.14. The summed E-state index contributed by atoms with van der Waals surface area (Å²) in [5.41, 5.74) is 9.78. The van der Waals surface area contributed by atoms with E-state index in [-0.39, 0.29) is 11.9 Å². The van der Waals surface area contributed by atoms with Crippen LogP contribution in [0.2, 0.25) is 5.02 Å². The molecular formula is C16H15ClN2O2. The van der Waals surface area contributed by atoms with Crippen LogP contribution in [0.1, 0.15) is 22.7 Å². The molecule has 1 aliphatic heterocycles. The first-order chi connectivity index (χ1) is 10.1. The topological polar surface area (TPSA) is 64.3 Å². The van der Waals surface area contributed by atoms with Gasteiger partial charge in [-0.25, -0.2) is 0 Å². The van der Waals surface area contributed by atoms with E-state index in [4.69, 9.17) is 22.1 Å². The molecule has 1 unspecified atom stereocenters. The van der Waals surface area contributed by atoms with Crippen LogP contribution < -0.4 is 15.8 Å². The van der Waals surface area contributed by atoms with Crippen molar-refractivity contribution in [2.75, 3.05) is 12.4 Å². The van der Waals surface area contributed by atoms with Gasteiger partial charge in [-0.15, -0.1) is 0 Å². The number of hydrogen-bond donors (Lipinski definition) is 2. The van der Waals surface area contributed by atoms with Gasteiger partial charge in [0.15, 0.2) is 0 Å². The molecule has 0 aromatic heterocycles. The second kappa shape index (κ2) is 5.39. The monoisotopic (exact) mass is 302 g/mol. The number of fused-ring (bicyclic) bond motifs is 1. The summed E-state index contributed by atoms with van der Waals surface area (Å²) >= 11 is 6.14. The van der Waals surface area contributed by atoms with Gasteiger partial charge in [0, 0.05) is 10.7 Å². The minimum atomic E-state index is -0.359. The van der Waals surface area contributed by atoms with E-state index in [0.717, 1.165) is 28.1 Å². The van der Waals surface area contributed by atoms with E-state index in [1.807, 2.05) is 24.3 Å². The first kappa shape index (κ1) is 13.9. The van der Waals surface area contributed by atoms with Gasteiger partial charge in [-0.1, -0.05) is 23.7 Å². The fourth-order valence-corrected chi connectivity index (χ4v) is 2.82. The summed E-state index contributed by atoms with van der Waals surface area (Å²) in [6, 6.07) is 10.8. The van der Waals surface area contributed by atoms with Crippen molar-refractivity contribution in [2.24, 2.45) is 5.73 Å². The van der Waals surface area contributed by atoms with Crippen LogP contribution in [0.3, 0.4) is 0 Å². The summed E-state index contributed by atoms with van der Waals surface area (Å²) in [7, 11) is 1.62. The highest BCUT2D eigenvalue weighted by Gasteiger charge is 2.24. The van der Waals surface area contributed by atoms with E-state index in [9.17, 15) is 4.79 Å². The Morgan fingerprint density at radius 2 is 2.00 bits per heavy atom. The first-order valence-electron chi connectivity index (χ1n) is 6.60. The van der Waals surface area contributed by atoms with E-state index >= 15 is 0 Å². The fraction of sp³-hybridized carbons (Fsp3) is 0.188. The molecule has 0 radical (unpaired) electrons. The minimum Gasteiger partial charge on any atom is -0.497 e. The summed E-state index contributed by atoms with van der Waals surface area (Å²) in [5.74, 6) is 0.742. The highest BCUT2D eigenvalue weighted by Crippen LogP contribution is 2.36. The Morgan fingerprint density at radius 3 is 2.67 bits per heavy atom. The molecule has 0 fully saturated rings. The van der Waals surface area contributed by atoms with Crippen LogP contribution in [-0.4, -0.2) is 13.0 Å². The van der Waals surface area contributed by atoms with Gasteiger partial charge in [-0.2, -0.15) is 0 Å². The molecule has 0 saturated heterocycles. The van der Waals surface area contributed by atoms with Crippen LogP contribution in [0, 0.1) is 0 Å². The molecule has 0 saturated carbocycles. The highest BCUT2D eigenvalue weighted by molar-refractivity contribution is 6.31. The highest BCUT2D eigenvalue weighted by atomic mass is 35.5.